The predicted octanol–water partition coefficient (Wildman–Crippen LogP) is 7.24. The van der Waals surface area contributed by atoms with Gasteiger partial charge in [-0.1, -0.05) is 62.6 Å². The maximum absolute atomic E-state index is 12.1. The molecule has 0 radical (unpaired) electrons. The molecule has 1 saturated carbocycles. The fourth-order valence-corrected chi connectivity index (χ4v) is 8.03. The minimum Gasteiger partial charge on any atom is -0.453 e. The van der Waals surface area contributed by atoms with Crippen molar-refractivity contribution in [3.05, 3.63) is 53.1 Å². The van der Waals surface area contributed by atoms with Gasteiger partial charge in [-0.05, 0) is 82.4 Å². The number of carbonyl (C=O) groups is 2. The van der Waals surface area contributed by atoms with Gasteiger partial charge in [-0.15, -0.1) is 0 Å². The summed E-state index contributed by atoms with van der Waals surface area (Å²) in [6.07, 6.45) is 15.2. The molecule has 0 bridgehead atoms. The van der Waals surface area contributed by atoms with E-state index in [1.807, 2.05) is 11.0 Å². The van der Waals surface area contributed by atoms with Gasteiger partial charge in [-0.3, -0.25) is 9.69 Å². The van der Waals surface area contributed by atoms with Gasteiger partial charge in [0.25, 0.3) is 0 Å². The van der Waals surface area contributed by atoms with Gasteiger partial charge in [0, 0.05) is 75.6 Å². The zero-order valence-electron chi connectivity index (χ0n) is 29.0. The Hall–Kier alpha value is -2.64. The summed E-state index contributed by atoms with van der Waals surface area (Å²) in [7, 11) is 1.47. The van der Waals surface area contributed by atoms with Gasteiger partial charge in [-0.25, -0.2) is 4.79 Å². The van der Waals surface area contributed by atoms with Crippen molar-refractivity contribution < 1.29 is 14.3 Å². The highest BCUT2D eigenvalue weighted by atomic mass is 16.5. The van der Waals surface area contributed by atoms with Crippen molar-refractivity contribution in [2.24, 2.45) is 17.8 Å². The lowest BCUT2D eigenvalue weighted by Gasteiger charge is -2.40. The number of fused-ring (bicyclic) bond motifs is 1. The Morgan fingerprint density at radius 3 is 2.49 bits per heavy atom. The van der Waals surface area contributed by atoms with Crippen LogP contribution in [0.2, 0.25) is 0 Å². The standard InChI is InChI=1S/C38H60N4O3/c1-7-10-32(8-2)37-36(33-14-11-30(5)12-15-33)34-16-13-31(28-43)27-35(34)42(37)26-24-40(20-17-29(3)4)22-21-39-18-9-19-41(25-23-39)38(44)45-6/h7,10,13,16-17,27-28,30,32-33,36-37H,8-9,11-12,14-15,18-26H2,1-6H3/b10-7-. The maximum atomic E-state index is 12.1. The summed E-state index contributed by atoms with van der Waals surface area (Å²) in [5, 5.41) is 0. The topological polar surface area (TPSA) is 56.3 Å². The van der Waals surface area contributed by atoms with Gasteiger partial charge in [0.2, 0.25) is 0 Å². The normalized spacial score (nSPS) is 24.9. The lowest BCUT2D eigenvalue weighted by Crippen LogP contribution is -2.46. The second-order valence-corrected chi connectivity index (χ2v) is 14.0. The summed E-state index contributed by atoms with van der Waals surface area (Å²) in [6.45, 7) is 19.4. The van der Waals surface area contributed by atoms with E-state index in [1.54, 1.807) is 0 Å². The lowest BCUT2D eigenvalue weighted by atomic mass is 9.69. The van der Waals surface area contributed by atoms with E-state index in [2.05, 4.69) is 79.7 Å². The van der Waals surface area contributed by atoms with Gasteiger partial charge < -0.3 is 19.4 Å². The van der Waals surface area contributed by atoms with E-state index < -0.39 is 0 Å². The molecule has 1 aromatic carbocycles. The lowest BCUT2D eigenvalue weighted by molar-refractivity contribution is 0.112. The Morgan fingerprint density at radius 1 is 1.07 bits per heavy atom. The number of allylic oxidation sites excluding steroid dienone is 2. The molecule has 7 nitrogen and oxygen atoms in total. The molecule has 45 heavy (non-hydrogen) atoms. The quantitative estimate of drug-likeness (QED) is 0.171. The number of aldehydes is 1. The molecule has 3 unspecified atom stereocenters. The minimum atomic E-state index is -0.218. The minimum absolute atomic E-state index is 0.218. The Bertz CT molecular complexity index is 1150. The highest BCUT2D eigenvalue weighted by Gasteiger charge is 2.45. The van der Waals surface area contributed by atoms with Crippen LogP contribution in [0.4, 0.5) is 10.5 Å². The van der Waals surface area contributed by atoms with Crippen LogP contribution in [0.3, 0.4) is 0 Å². The molecule has 3 aliphatic rings. The van der Waals surface area contributed by atoms with Crippen LogP contribution in [-0.4, -0.2) is 99.1 Å². The Morgan fingerprint density at radius 2 is 1.82 bits per heavy atom. The molecular formula is C38H60N4O3. The number of carbonyl (C=O) groups excluding carboxylic acids is 2. The number of hydrogen-bond donors (Lipinski definition) is 0. The summed E-state index contributed by atoms with van der Waals surface area (Å²) < 4.78 is 4.98. The fourth-order valence-electron chi connectivity index (χ4n) is 8.03. The molecule has 2 heterocycles. The number of amides is 1. The van der Waals surface area contributed by atoms with Crippen LogP contribution in [0.25, 0.3) is 0 Å². The van der Waals surface area contributed by atoms with Crippen molar-refractivity contribution in [1.29, 1.82) is 0 Å². The van der Waals surface area contributed by atoms with Crippen molar-refractivity contribution in [2.75, 3.05) is 70.9 Å². The smallest absolute Gasteiger partial charge is 0.409 e. The summed E-state index contributed by atoms with van der Waals surface area (Å²) in [5.41, 5.74) is 4.87. The van der Waals surface area contributed by atoms with Crippen LogP contribution in [0.1, 0.15) is 95.0 Å². The van der Waals surface area contributed by atoms with Crippen molar-refractivity contribution >= 4 is 18.1 Å². The Balaban J connectivity index is 1.56. The Labute approximate surface area is 273 Å². The van der Waals surface area contributed by atoms with Gasteiger partial charge in [0.1, 0.15) is 6.29 Å². The maximum Gasteiger partial charge on any atom is 0.409 e. The van der Waals surface area contributed by atoms with Crippen LogP contribution in [0.15, 0.2) is 42.0 Å². The second kappa shape index (κ2) is 17.3. The van der Waals surface area contributed by atoms with Crippen LogP contribution >= 0.6 is 0 Å². The number of methoxy groups -OCH3 is 1. The summed E-state index contributed by atoms with van der Waals surface area (Å²) >= 11 is 0. The average molecular weight is 621 g/mol. The molecule has 2 fully saturated rings. The van der Waals surface area contributed by atoms with Gasteiger partial charge in [-0.2, -0.15) is 0 Å². The third-order valence-electron chi connectivity index (χ3n) is 10.7. The van der Waals surface area contributed by atoms with Gasteiger partial charge >= 0.3 is 6.09 Å². The van der Waals surface area contributed by atoms with E-state index in [4.69, 9.17) is 4.74 Å². The molecule has 0 N–H and O–H groups in total. The van der Waals surface area contributed by atoms with E-state index in [1.165, 1.54) is 49.6 Å². The number of rotatable bonds is 13. The highest BCUT2D eigenvalue weighted by molar-refractivity contribution is 5.79. The first-order valence-electron chi connectivity index (χ1n) is 17.7. The van der Waals surface area contributed by atoms with Gasteiger partial charge in [0.05, 0.1) is 7.11 Å². The van der Waals surface area contributed by atoms with Crippen molar-refractivity contribution in [3.8, 4) is 0 Å². The molecule has 0 spiro atoms. The molecule has 1 aliphatic carbocycles. The number of ether oxygens (including phenoxy) is 1. The van der Waals surface area contributed by atoms with Crippen molar-refractivity contribution in [2.45, 2.75) is 85.1 Å². The third kappa shape index (κ3) is 9.22. The molecule has 4 rings (SSSR count). The van der Waals surface area contributed by atoms with Crippen LogP contribution in [0, 0.1) is 17.8 Å². The van der Waals surface area contributed by atoms with E-state index in [-0.39, 0.29) is 6.09 Å². The SMILES string of the molecule is C/C=C\C(CC)C1C(C2CCC(C)CC2)c2ccc(C=O)cc2N1CCN(CC=C(C)C)CCN1CCCN(C(=O)OC)CC1. The largest absolute Gasteiger partial charge is 0.453 e. The molecule has 3 atom stereocenters. The summed E-state index contributed by atoms with van der Waals surface area (Å²) in [5.74, 6) is 2.47. The molecule has 1 saturated heterocycles. The van der Waals surface area contributed by atoms with Crippen molar-refractivity contribution in [3.63, 3.8) is 0 Å². The van der Waals surface area contributed by atoms with Crippen molar-refractivity contribution in [1.82, 2.24) is 14.7 Å². The predicted molar refractivity (Wildman–Crippen MR) is 186 cm³/mol. The molecule has 250 valence electrons. The first kappa shape index (κ1) is 35.2. The number of hydrogen-bond acceptors (Lipinski definition) is 6. The molecule has 1 aromatic rings. The molecule has 1 amide bonds. The molecule has 0 aromatic heterocycles. The first-order chi connectivity index (χ1) is 21.8. The molecule has 7 heteroatoms. The highest BCUT2D eigenvalue weighted by Crippen LogP contribution is 2.52. The monoisotopic (exact) mass is 620 g/mol. The summed E-state index contributed by atoms with van der Waals surface area (Å²) in [4.78, 5) is 33.7. The second-order valence-electron chi connectivity index (χ2n) is 14.0. The van der Waals surface area contributed by atoms with E-state index in [0.717, 1.165) is 89.5 Å². The number of anilines is 1. The fraction of sp³-hybridized carbons (Fsp3) is 0.684. The van der Waals surface area contributed by atoms with E-state index in [0.29, 0.717) is 23.8 Å². The average Bonchev–Trinajstić information content (AvgIpc) is 3.17. The first-order valence-corrected chi connectivity index (χ1v) is 17.7. The zero-order chi connectivity index (χ0) is 32.3. The van der Waals surface area contributed by atoms with Crippen LogP contribution in [0.5, 0.6) is 0 Å². The van der Waals surface area contributed by atoms with Gasteiger partial charge in [0.15, 0.2) is 0 Å². The third-order valence-corrected chi connectivity index (χ3v) is 10.7. The van der Waals surface area contributed by atoms with Crippen LogP contribution < -0.4 is 4.90 Å². The number of nitrogens with zero attached hydrogens (tertiary/aromatic N) is 4. The number of benzene rings is 1. The molecular weight excluding hydrogens is 560 g/mol. The Kier molecular flexibility index (Phi) is 13.6. The zero-order valence-corrected chi connectivity index (χ0v) is 29.0. The molecule has 2 aliphatic heterocycles. The van der Waals surface area contributed by atoms with E-state index >= 15 is 0 Å². The van der Waals surface area contributed by atoms with Crippen LogP contribution in [-0.2, 0) is 4.74 Å². The van der Waals surface area contributed by atoms with E-state index in [9.17, 15) is 9.59 Å². The summed E-state index contributed by atoms with van der Waals surface area (Å²) in [6, 6.07) is 6.91.